The average Bonchev–Trinajstić information content (AvgIpc) is 2.46. The minimum absolute atomic E-state index is 0.00414. The fraction of sp³-hybridized carbons (Fsp3) is 0.429. The van der Waals surface area contributed by atoms with Crippen LogP contribution in [0.2, 0.25) is 5.02 Å². The first kappa shape index (κ1) is 16.3. The summed E-state index contributed by atoms with van der Waals surface area (Å²) in [6.07, 6.45) is 1.04. The number of oxime groups is 1. The highest BCUT2D eigenvalue weighted by Gasteiger charge is 2.33. The number of aryl methyl sites for hydroxylation is 1. The number of nitrogens with zero attached hydrogens (tertiary/aromatic N) is 1. The number of halogens is 1. The Balaban J connectivity index is 3.12. The Hall–Kier alpha value is -1.75. The van der Waals surface area contributed by atoms with Gasteiger partial charge in [-0.15, -0.1) is 0 Å². The molecule has 20 heavy (non-hydrogen) atoms. The largest absolute Gasteiger partial charge is 0.409 e. The first-order valence-electron chi connectivity index (χ1n) is 6.46. The summed E-state index contributed by atoms with van der Waals surface area (Å²) in [7, 11) is 0. The highest BCUT2D eigenvalue weighted by Crippen LogP contribution is 2.20. The van der Waals surface area contributed by atoms with Gasteiger partial charge in [0.25, 0.3) is 5.91 Å². The van der Waals surface area contributed by atoms with E-state index in [4.69, 9.17) is 22.5 Å². The lowest BCUT2D eigenvalue weighted by Crippen LogP contribution is -2.57. The minimum Gasteiger partial charge on any atom is -0.409 e. The van der Waals surface area contributed by atoms with E-state index >= 15 is 0 Å². The monoisotopic (exact) mass is 297 g/mol. The summed E-state index contributed by atoms with van der Waals surface area (Å²) in [5.74, 6) is -0.296. The summed E-state index contributed by atoms with van der Waals surface area (Å²) in [5, 5.41) is 15.3. The molecule has 1 aromatic carbocycles. The van der Waals surface area contributed by atoms with Crippen molar-refractivity contribution in [3.63, 3.8) is 0 Å². The zero-order chi connectivity index (χ0) is 15.3. The molecule has 0 radical (unpaired) electrons. The molecule has 110 valence electrons. The van der Waals surface area contributed by atoms with Gasteiger partial charge in [0.15, 0.2) is 5.84 Å². The molecule has 4 N–H and O–H groups in total. The third-order valence-electron chi connectivity index (χ3n) is 3.60. The normalized spacial score (nSPS) is 12.3. The molecule has 6 heteroatoms. The second kappa shape index (κ2) is 6.61. The van der Waals surface area contributed by atoms with E-state index in [0.29, 0.717) is 23.4 Å². The van der Waals surface area contributed by atoms with Gasteiger partial charge >= 0.3 is 0 Å². The number of amides is 1. The molecule has 0 bridgehead atoms. The minimum atomic E-state index is -0.861. The van der Waals surface area contributed by atoms with Gasteiger partial charge in [0, 0.05) is 10.6 Å². The number of carbonyl (C=O) groups excluding carboxylic acids is 1. The van der Waals surface area contributed by atoms with Crippen LogP contribution < -0.4 is 11.1 Å². The molecular formula is C14H20ClN3O2. The van der Waals surface area contributed by atoms with Gasteiger partial charge in [0.2, 0.25) is 0 Å². The number of hydrogen-bond acceptors (Lipinski definition) is 3. The zero-order valence-corrected chi connectivity index (χ0v) is 12.7. The van der Waals surface area contributed by atoms with E-state index < -0.39 is 5.54 Å². The van der Waals surface area contributed by atoms with E-state index in [2.05, 4.69) is 10.5 Å². The molecule has 0 saturated heterocycles. The predicted molar refractivity (Wildman–Crippen MR) is 80.4 cm³/mol. The highest BCUT2D eigenvalue weighted by atomic mass is 35.5. The molecule has 0 spiro atoms. The van der Waals surface area contributed by atoms with Crippen LogP contribution >= 0.6 is 11.6 Å². The lowest BCUT2D eigenvalue weighted by Gasteiger charge is -2.31. The Kier molecular flexibility index (Phi) is 5.39. The quantitative estimate of drug-likeness (QED) is 0.338. The number of amidine groups is 1. The molecule has 1 aromatic rings. The Labute approximate surface area is 123 Å². The second-order valence-corrected chi connectivity index (χ2v) is 5.12. The Morgan fingerprint density at radius 3 is 2.55 bits per heavy atom. The number of nitrogens with one attached hydrogen (secondary N) is 1. The van der Waals surface area contributed by atoms with Crippen molar-refractivity contribution in [2.24, 2.45) is 10.9 Å². The molecule has 0 aliphatic heterocycles. The molecule has 0 aromatic heterocycles. The predicted octanol–water partition coefficient (Wildman–Crippen LogP) is 2.68. The van der Waals surface area contributed by atoms with Gasteiger partial charge in [-0.25, -0.2) is 0 Å². The molecule has 0 fully saturated rings. The standard InChI is InChI=1S/C14H20ClN3O2/c1-4-14(5-2,13(16)18-20)17-12(19)11-8-10(15)7-6-9(11)3/h6-8,20H,4-5H2,1-3H3,(H2,16,18)(H,17,19). The van der Waals surface area contributed by atoms with Crippen molar-refractivity contribution in [3.05, 3.63) is 34.3 Å². The summed E-state index contributed by atoms with van der Waals surface area (Å²) < 4.78 is 0. The molecule has 1 rings (SSSR count). The van der Waals surface area contributed by atoms with Crippen molar-refractivity contribution < 1.29 is 10.0 Å². The second-order valence-electron chi connectivity index (χ2n) is 4.69. The maximum atomic E-state index is 12.4. The first-order chi connectivity index (χ1) is 9.40. The van der Waals surface area contributed by atoms with Crippen LogP contribution in [0.4, 0.5) is 0 Å². The van der Waals surface area contributed by atoms with Crippen molar-refractivity contribution in [2.75, 3.05) is 0 Å². The van der Waals surface area contributed by atoms with Gasteiger partial charge in [-0.3, -0.25) is 4.79 Å². The SMILES string of the molecule is CCC(CC)(NC(=O)c1cc(Cl)ccc1C)/C(N)=N/O. The molecule has 0 aliphatic carbocycles. The summed E-state index contributed by atoms with van der Waals surface area (Å²) in [4.78, 5) is 12.4. The van der Waals surface area contributed by atoms with Crippen LogP contribution in [0.15, 0.2) is 23.4 Å². The highest BCUT2D eigenvalue weighted by molar-refractivity contribution is 6.31. The molecular weight excluding hydrogens is 278 g/mol. The van der Waals surface area contributed by atoms with Crippen molar-refractivity contribution in [1.82, 2.24) is 5.32 Å². The maximum Gasteiger partial charge on any atom is 0.252 e. The van der Waals surface area contributed by atoms with Gasteiger partial charge in [-0.05, 0) is 37.5 Å². The fourth-order valence-corrected chi connectivity index (χ4v) is 2.24. The average molecular weight is 298 g/mol. The van der Waals surface area contributed by atoms with E-state index in [1.54, 1.807) is 18.2 Å². The van der Waals surface area contributed by atoms with Crippen LogP contribution in [-0.4, -0.2) is 22.5 Å². The summed E-state index contributed by atoms with van der Waals surface area (Å²) >= 11 is 5.92. The van der Waals surface area contributed by atoms with Crippen LogP contribution in [0.1, 0.15) is 42.6 Å². The van der Waals surface area contributed by atoms with Crippen LogP contribution in [0.5, 0.6) is 0 Å². The molecule has 0 heterocycles. The van der Waals surface area contributed by atoms with Gasteiger partial charge in [-0.2, -0.15) is 0 Å². The molecule has 5 nitrogen and oxygen atoms in total. The molecule has 1 amide bonds. The van der Waals surface area contributed by atoms with Crippen molar-refractivity contribution >= 4 is 23.3 Å². The smallest absolute Gasteiger partial charge is 0.252 e. The van der Waals surface area contributed by atoms with Crippen molar-refractivity contribution in [2.45, 2.75) is 39.2 Å². The van der Waals surface area contributed by atoms with Gasteiger partial charge in [0.1, 0.15) is 5.54 Å². The van der Waals surface area contributed by atoms with E-state index in [0.717, 1.165) is 5.56 Å². The van der Waals surface area contributed by atoms with E-state index in [1.807, 2.05) is 20.8 Å². The summed E-state index contributed by atoms with van der Waals surface area (Å²) in [5.41, 5.74) is 6.16. The number of carbonyl (C=O) groups is 1. The topological polar surface area (TPSA) is 87.7 Å². The Morgan fingerprint density at radius 2 is 2.05 bits per heavy atom. The molecule has 0 aliphatic rings. The molecule has 0 unspecified atom stereocenters. The number of nitrogens with two attached hydrogens (primary N) is 1. The van der Waals surface area contributed by atoms with Crippen molar-refractivity contribution in [1.29, 1.82) is 0 Å². The van der Waals surface area contributed by atoms with Gasteiger partial charge < -0.3 is 16.3 Å². The third kappa shape index (κ3) is 3.22. The van der Waals surface area contributed by atoms with E-state index in [1.165, 1.54) is 0 Å². The first-order valence-corrected chi connectivity index (χ1v) is 6.84. The van der Waals surface area contributed by atoms with E-state index in [9.17, 15) is 4.79 Å². The number of hydrogen-bond donors (Lipinski definition) is 3. The lowest BCUT2D eigenvalue weighted by molar-refractivity contribution is 0.0917. The molecule has 0 saturated carbocycles. The summed E-state index contributed by atoms with van der Waals surface area (Å²) in [6.45, 7) is 5.56. The molecule has 0 atom stereocenters. The van der Waals surface area contributed by atoms with Gasteiger partial charge in [-0.1, -0.05) is 36.7 Å². The Bertz CT molecular complexity index is 525. The van der Waals surface area contributed by atoms with Crippen LogP contribution in [0.25, 0.3) is 0 Å². The van der Waals surface area contributed by atoms with Crippen LogP contribution in [0.3, 0.4) is 0 Å². The lowest BCUT2D eigenvalue weighted by atomic mass is 9.90. The summed E-state index contributed by atoms with van der Waals surface area (Å²) in [6, 6.07) is 5.11. The van der Waals surface area contributed by atoms with Gasteiger partial charge in [0.05, 0.1) is 0 Å². The van der Waals surface area contributed by atoms with E-state index in [-0.39, 0.29) is 11.7 Å². The van der Waals surface area contributed by atoms with Crippen LogP contribution in [-0.2, 0) is 0 Å². The number of benzene rings is 1. The third-order valence-corrected chi connectivity index (χ3v) is 3.84. The Morgan fingerprint density at radius 1 is 1.45 bits per heavy atom. The number of rotatable bonds is 5. The zero-order valence-electron chi connectivity index (χ0n) is 11.9. The maximum absolute atomic E-state index is 12.4. The van der Waals surface area contributed by atoms with Crippen LogP contribution in [0, 0.1) is 6.92 Å². The van der Waals surface area contributed by atoms with Crippen molar-refractivity contribution in [3.8, 4) is 0 Å². The fourth-order valence-electron chi connectivity index (χ4n) is 2.07.